The van der Waals surface area contributed by atoms with Gasteiger partial charge in [0.25, 0.3) is 5.69 Å². The van der Waals surface area contributed by atoms with E-state index in [1.807, 2.05) is 0 Å². The molecule has 0 aliphatic heterocycles. The van der Waals surface area contributed by atoms with Gasteiger partial charge in [0.1, 0.15) is 16.7 Å². The van der Waals surface area contributed by atoms with Crippen molar-refractivity contribution in [3.63, 3.8) is 0 Å². The summed E-state index contributed by atoms with van der Waals surface area (Å²) in [4.78, 5) is 34.6. The van der Waals surface area contributed by atoms with Crippen molar-refractivity contribution >= 4 is 35.3 Å². The van der Waals surface area contributed by atoms with Crippen LogP contribution < -0.4 is 9.47 Å². The van der Waals surface area contributed by atoms with Crippen LogP contribution in [0.4, 0.5) is 5.69 Å². The van der Waals surface area contributed by atoms with Crippen molar-refractivity contribution in [1.29, 1.82) is 5.26 Å². The summed E-state index contributed by atoms with van der Waals surface area (Å²) in [5.41, 5.74) is -0.265. The number of carbonyl (C=O) groups is 2. The summed E-state index contributed by atoms with van der Waals surface area (Å²) in [6.07, 6.45) is 1.31. The molecule has 0 aliphatic rings. The van der Waals surface area contributed by atoms with E-state index in [4.69, 9.17) is 31.1 Å². The van der Waals surface area contributed by atoms with E-state index in [9.17, 15) is 19.7 Å². The van der Waals surface area contributed by atoms with E-state index in [0.717, 1.165) is 6.07 Å². The van der Waals surface area contributed by atoms with E-state index in [1.165, 1.54) is 36.4 Å². The summed E-state index contributed by atoms with van der Waals surface area (Å²) in [7, 11) is 0. The molecule has 2 rings (SSSR count). The molecule has 0 atom stereocenters. The number of nitrogens with zero attached hydrogens (tertiary/aromatic N) is 2. The predicted octanol–water partition coefficient (Wildman–Crippen LogP) is 4.34. The molecule has 0 amide bonds. The summed E-state index contributed by atoms with van der Waals surface area (Å²) in [5, 5.41) is 20.1. The van der Waals surface area contributed by atoms with Crippen LogP contribution in [0.15, 0.2) is 42.0 Å². The molecular formula is C21H17ClN2O7. The smallest absolute Gasteiger partial charge is 0.348 e. The highest BCUT2D eigenvalue weighted by molar-refractivity contribution is 6.32. The second-order valence-corrected chi connectivity index (χ2v) is 6.25. The Morgan fingerprint density at radius 1 is 1.16 bits per heavy atom. The molecule has 0 bridgehead atoms. The van der Waals surface area contributed by atoms with E-state index in [2.05, 4.69) is 0 Å². The minimum Gasteiger partial charge on any atom is -0.490 e. The van der Waals surface area contributed by atoms with E-state index < -0.39 is 22.5 Å². The molecule has 160 valence electrons. The Morgan fingerprint density at radius 2 is 1.90 bits per heavy atom. The highest BCUT2D eigenvalue weighted by atomic mass is 35.5. The van der Waals surface area contributed by atoms with Crippen molar-refractivity contribution in [1.82, 2.24) is 0 Å². The number of benzene rings is 2. The van der Waals surface area contributed by atoms with Crippen LogP contribution in [0.5, 0.6) is 11.5 Å². The van der Waals surface area contributed by atoms with Gasteiger partial charge in [-0.3, -0.25) is 10.1 Å². The van der Waals surface area contributed by atoms with Crippen molar-refractivity contribution < 1.29 is 28.7 Å². The number of rotatable bonds is 8. The summed E-state index contributed by atoms with van der Waals surface area (Å²) < 4.78 is 15.6. The number of hydrogen-bond donors (Lipinski definition) is 0. The summed E-state index contributed by atoms with van der Waals surface area (Å²) in [6.45, 7) is 3.71. The third kappa shape index (κ3) is 6.04. The number of esters is 2. The van der Waals surface area contributed by atoms with Gasteiger partial charge in [0, 0.05) is 6.07 Å². The lowest BCUT2D eigenvalue weighted by atomic mass is 10.1. The van der Waals surface area contributed by atoms with Gasteiger partial charge in [0.15, 0.2) is 11.5 Å². The monoisotopic (exact) mass is 444 g/mol. The maximum absolute atomic E-state index is 12.5. The summed E-state index contributed by atoms with van der Waals surface area (Å²) in [5.74, 6) is -1.39. The SMILES string of the molecule is CCOC(=O)/C(C#N)=C/c1ccc(OC(=O)c2ccc(Cl)c([N+](=O)[O-])c2)c(OCC)c1. The van der Waals surface area contributed by atoms with Crippen molar-refractivity contribution in [3.8, 4) is 17.6 Å². The fraction of sp³-hybridized carbons (Fsp3) is 0.190. The zero-order valence-electron chi connectivity index (χ0n) is 16.6. The van der Waals surface area contributed by atoms with Crippen molar-refractivity contribution in [2.24, 2.45) is 0 Å². The minimum absolute atomic E-state index is 0.0521. The normalized spacial score (nSPS) is 10.7. The molecule has 0 radical (unpaired) electrons. The van der Waals surface area contributed by atoms with Crippen LogP contribution in [0.1, 0.15) is 29.8 Å². The largest absolute Gasteiger partial charge is 0.490 e. The Kier molecular flexibility index (Phi) is 8.11. The first-order valence-corrected chi connectivity index (χ1v) is 9.40. The average Bonchev–Trinajstić information content (AvgIpc) is 2.74. The lowest BCUT2D eigenvalue weighted by molar-refractivity contribution is -0.384. The summed E-state index contributed by atoms with van der Waals surface area (Å²) >= 11 is 5.76. The lowest BCUT2D eigenvalue weighted by Gasteiger charge is -2.12. The van der Waals surface area contributed by atoms with Crippen molar-refractivity contribution in [3.05, 3.63) is 68.2 Å². The van der Waals surface area contributed by atoms with Gasteiger partial charge in [-0.15, -0.1) is 0 Å². The van der Waals surface area contributed by atoms with Gasteiger partial charge in [-0.2, -0.15) is 5.26 Å². The van der Waals surface area contributed by atoms with Gasteiger partial charge in [0.2, 0.25) is 0 Å². The highest BCUT2D eigenvalue weighted by Crippen LogP contribution is 2.31. The lowest BCUT2D eigenvalue weighted by Crippen LogP contribution is -2.10. The first-order valence-electron chi connectivity index (χ1n) is 9.02. The number of nitro groups is 1. The van der Waals surface area contributed by atoms with Crippen molar-refractivity contribution in [2.45, 2.75) is 13.8 Å². The molecule has 0 heterocycles. The van der Waals surface area contributed by atoms with E-state index >= 15 is 0 Å². The van der Waals surface area contributed by atoms with Gasteiger partial charge in [-0.05, 0) is 49.8 Å². The first kappa shape index (κ1) is 23.4. The molecule has 0 spiro atoms. The first-order chi connectivity index (χ1) is 14.8. The van der Waals surface area contributed by atoms with Gasteiger partial charge in [-0.1, -0.05) is 17.7 Å². The summed E-state index contributed by atoms with van der Waals surface area (Å²) in [6, 6.07) is 9.71. The van der Waals surface area contributed by atoms with Gasteiger partial charge >= 0.3 is 11.9 Å². The molecular weight excluding hydrogens is 428 g/mol. The molecule has 0 aliphatic carbocycles. The zero-order valence-corrected chi connectivity index (χ0v) is 17.3. The fourth-order valence-electron chi connectivity index (χ4n) is 2.42. The number of hydrogen-bond acceptors (Lipinski definition) is 8. The molecule has 10 heteroatoms. The zero-order chi connectivity index (χ0) is 23.0. The standard InChI is InChI=1S/C21H17ClN2O7/c1-3-29-19-10-13(9-15(12-23)20(25)30-4-2)5-8-18(19)31-21(26)14-6-7-16(22)17(11-14)24(27)28/h5-11H,3-4H2,1-2H3/b15-9+. The van der Waals surface area contributed by atoms with Gasteiger partial charge in [-0.25, -0.2) is 9.59 Å². The molecule has 0 aromatic heterocycles. The number of carbonyl (C=O) groups excluding carboxylic acids is 2. The minimum atomic E-state index is -0.853. The Labute approximate surface area is 182 Å². The van der Waals surface area contributed by atoms with Crippen LogP contribution in [0, 0.1) is 21.4 Å². The molecule has 9 nitrogen and oxygen atoms in total. The fourth-order valence-corrected chi connectivity index (χ4v) is 2.60. The van der Waals surface area contributed by atoms with Crippen LogP contribution in [-0.4, -0.2) is 30.1 Å². The van der Waals surface area contributed by atoms with E-state index in [0.29, 0.717) is 5.56 Å². The maximum atomic E-state index is 12.5. The third-order valence-electron chi connectivity index (χ3n) is 3.78. The Bertz CT molecular complexity index is 1090. The number of halogens is 1. The molecule has 0 N–H and O–H groups in total. The van der Waals surface area contributed by atoms with Crippen molar-refractivity contribution in [2.75, 3.05) is 13.2 Å². The molecule has 0 fully saturated rings. The second-order valence-electron chi connectivity index (χ2n) is 5.84. The third-order valence-corrected chi connectivity index (χ3v) is 4.10. The number of ether oxygens (including phenoxy) is 3. The molecule has 0 saturated carbocycles. The molecule has 0 unspecified atom stereocenters. The molecule has 2 aromatic rings. The predicted molar refractivity (Wildman–Crippen MR) is 111 cm³/mol. The topological polar surface area (TPSA) is 129 Å². The second kappa shape index (κ2) is 10.8. The maximum Gasteiger partial charge on any atom is 0.348 e. The van der Waals surface area contributed by atoms with Gasteiger partial charge in [0.05, 0.1) is 23.7 Å². The quantitative estimate of drug-likeness (QED) is 0.147. The Hall–Kier alpha value is -3.90. The highest BCUT2D eigenvalue weighted by Gasteiger charge is 2.19. The number of nitriles is 1. The Morgan fingerprint density at radius 3 is 2.52 bits per heavy atom. The van der Waals surface area contributed by atoms with E-state index in [-0.39, 0.29) is 40.9 Å². The Balaban J connectivity index is 2.34. The van der Waals surface area contributed by atoms with Crippen LogP contribution >= 0.6 is 11.6 Å². The van der Waals surface area contributed by atoms with Crippen LogP contribution in [0.25, 0.3) is 6.08 Å². The van der Waals surface area contributed by atoms with E-state index in [1.54, 1.807) is 19.9 Å². The van der Waals surface area contributed by atoms with Gasteiger partial charge < -0.3 is 14.2 Å². The van der Waals surface area contributed by atoms with Crippen LogP contribution in [-0.2, 0) is 9.53 Å². The number of nitro benzene ring substituents is 1. The van der Waals surface area contributed by atoms with Crippen LogP contribution in [0.3, 0.4) is 0 Å². The molecule has 0 saturated heterocycles. The average molecular weight is 445 g/mol. The molecule has 2 aromatic carbocycles. The van der Waals surface area contributed by atoms with Crippen LogP contribution in [0.2, 0.25) is 5.02 Å². The molecule has 31 heavy (non-hydrogen) atoms.